The Morgan fingerprint density at radius 1 is 1.60 bits per heavy atom. The summed E-state index contributed by atoms with van der Waals surface area (Å²) in [6.45, 7) is 0. The third-order valence-corrected chi connectivity index (χ3v) is 2.04. The molecule has 0 aromatic carbocycles. The molecular weight excluding hydrogens is 126 g/mol. The van der Waals surface area contributed by atoms with E-state index in [2.05, 4.69) is 6.07 Å². The van der Waals surface area contributed by atoms with E-state index >= 15 is 0 Å². The summed E-state index contributed by atoms with van der Waals surface area (Å²) in [4.78, 5) is 0. The van der Waals surface area contributed by atoms with Gasteiger partial charge in [-0.25, -0.2) is 0 Å². The van der Waals surface area contributed by atoms with Gasteiger partial charge in [0.2, 0.25) is 0 Å². The molecule has 1 saturated carbocycles. The predicted octanol–water partition coefficient (Wildman–Crippen LogP) is 1.83. The molecule has 50 valence electrons. The van der Waals surface area contributed by atoms with Gasteiger partial charge < -0.3 is 4.42 Å². The number of nitriles is 1. The van der Waals surface area contributed by atoms with Gasteiger partial charge in [-0.3, -0.25) is 0 Å². The monoisotopic (exact) mass is 133 g/mol. The summed E-state index contributed by atoms with van der Waals surface area (Å²) in [5.41, 5.74) is 0.863. The molecule has 10 heavy (non-hydrogen) atoms. The molecule has 0 aliphatic heterocycles. The Balaban J connectivity index is 2.38. The summed E-state index contributed by atoms with van der Waals surface area (Å²) in [5.74, 6) is 0. The molecule has 0 atom stereocenters. The largest absolute Gasteiger partial charge is 0.472 e. The number of hydrogen-bond acceptors (Lipinski definition) is 2. The van der Waals surface area contributed by atoms with Gasteiger partial charge in [-0.15, -0.1) is 0 Å². The van der Waals surface area contributed by atoms with E-state index < -0.39 is 0 Å². The third-order valence-electron chi connectivity index (χ3n) is 2.04. The van der Waals surface area contributed by atoms with Gasteiger partial charge in [0.05, 0.1) is 24.0 Å². The molecule has 0 N–H and O–H groups in total. The smallest absolute Gasteiger partial charge is 0.0950 e. The van der Waals surface area contributed by atoms with Crippen molar-refractivity contribution in [2.45, 2.75) is 18.3 Å². The van der Waals surface area contributed by atoms with Crippen molar-refractivity contribution in [3.05, 3.63) is 24.2 Å². The molecular formula is C8H7NO. The molecule has 0 radical (unpaired) electrons. The highest BCUT2D eigenvalue weighted by atomic mass is 16.3. The van der Waals surface area contributed by atoms with Crippen LogP contribution in [0.3, 0.4) is 0 Å². The first-order valence-corrected chi connectivity index (χ1v) is 3.31. The maximum Gasteiger partial charge on any atom is 0.0950 e. The molecule has 0 bridgehead atoms. The Labute approximate surface area is 59.1 Å². The zero-order valence-electron chi connectivity index (χ0n) is 5.50. The highest BCUT2D eigenvalue weighted by Crippen LogP contribution is 2.47. The second-order valence-corrected chi connectivity index (χ2v) is 2.71. The van der Waals surface area contributed by atoms with Crippen LogP contribution in [0.2, 0.25) is 0 Å². The third kappa shape index (κ3) is 0.577. The molecule has 2 heteroatoms. The van der Waals surface area contributed by atoms with Gasteiger partial charge in [0, 0.05) is 5.56 Å². The van der Waals surface area contributed by atoms with Crippen LogP contribution in [0.5, 0.6) is 0 Å². The van der Waals surface area contributed by atoms with E-state index in [-0.39, 0.29) is 5.41 Å². The van der Waals surface area contributed by atoms with Crippen LogP contribution in [-0.2, 0) is 5.41 Å². The molecule has 0 unspecified atom stereocenters. The Hall–Kier alpha value is -1.23. The topological polar surface area (TPSA) is 36.9 Å². The van der Waals surface area contributed by atoms with Crippen LogP contribution in [0.1, 0.15) is 18.4 Å². The molecule has 0 amide bonds. The van der Waals surface area contributed by atoms with Crippen LogP contribution in [0, 0.1) is 11.3 Å². The van der Waals surface area contributed by atoms with Crippen molar-refractivity contribution in [3.63, 3.8) is 0 Å². The summed E-state index contributed by atoms with van der Waals surface area (Å²) in [6, 6.07) is 4.17. The molecule has 1 aliphatic rings. The summed E-state index contributed by atoms with van der Waals surface area (Å²) < 4.78 is 4.89. The Morgan fingerprint density at radius 2 is 2.40 bits per heavy atom. The fraction of sp³-hybridized carbons (Fsp3) is 0.375. The van der Waals surface area contributed by atoms with E-state index in [4.69, 9.17) is 9.68 Å². The minimum Gasteiger partial charge on any atom is -0.472 e. The Kier molecular flexibility index (Phi) is 0.906. The van der Waals surface area contributed by atoms with Crippen molar-refractivity contribution in [1.82, 2.24) is 0 Å². The molecule has 1 aromatic heterocycles. The second kappa shape index (κ2) is 1.63. The first-order chi connectivity index (χ1) is 4.87. The fourth-order valence-electron chi connectivity index (χ4n) is 1.13. The van der Waals surface area contributed by atoms with E-state index in [0.29, 0.717) is 0 Å². The van der Waals surface area contributed by atoms with Crippen LogP contribution in [0.15, 0.2) is 23.0 Å². The molecule has 1 aromatic rings. The SMILES string of the molecule is N#CC1(c2ccoc2)CC1. The van der Waals surface area contributed by atoms with Gasteiger partial charge in [-0.05, 0) is 18.9 Å². The number of nitrogens with zero attached hydrogens (tertiary/aromatic N) is 1. The first-order valence-electron chi connectivity index (χ1n) is 3.31. The summed E-state index contributed by atoms with van der Waals surface area (Å²) >= 11 is 0. The highest BCUT2D eigenvalue weighted by Gasteiger charge is 2.45. The van der Waals surface area contributed by atoms with E-state index in [9.17, 15) is 0 Å². The maximum absolute atomic E-state index is 8.74. The highest BCUT2D eigenvalue weighted by molar-refractivity contribution is 5.35. The van der Waals surface area contributed by atoms with Crippen molar-refractivity contribution >= 4 is 0 Å². The van der Waals surface area contributed by atoms with Gasteiger partial charge in [-0.2, -0.15) is 5.26 Å². The lowest BCUT2D eigenvalue weighted by atomic mass is 10.0. The summed E-state index contributed by atoms with van der Waals surface area (Å²) in [7, 11) is 0. The number of rotatable bonds is 1. The molecule has 1 heterocycles. The van der Waals surface area contributed by atoms with Crippen molar-refractivity contribution in [2.75, 3.05) is 0 Å². The van der Waals surface area contributed by atoms with E-state index in [0.717, 1.165) is 18.4 Å². The zero-order valence-corrected chi connectivity index (χ0v) is 5.50. The fourth-order valence-corrected chi connectivity index (χ4v) is 1.13. The molecule has 1 aliphatic carbocycles. The number of hydrogen-bond donors (Lipinski definition) is 0. The van der Waals surface area contributed by atoms with Crippen molar-refractivity contribution in [1.29, 1.82) is 5.26 Å². The number of furan rings is 1. The molecule has 0 spiro atoms. The second-order valence-electron chi connectivity index (χ2n) is 2.71. The normalized spacial score (nSPS) is 19.9. The standard InChI is InChI=1S/C8H7NO/c9-6-8(2-3-8)7-1-4-10-5-7/h1,4-5H,2-3H2. The minimum absolute atomic E-state index is 0.174. The lowest BCUT2D eigenvalue weighted by molar-refractivity contribution is 0.562. The predicted molar refractivity (Wildman–Crippen MR) is 35.2 cm³/mol. The van der Waals surface area contributed by atoms with E-state index in [1.807, 2.05) is 6.07 Å². The average molecular weight is 133 g/mol. The van der Waals surface area contributed by atoms with Crippen molar-refractivity contribution in [3.8, 4) is 6.07 Å². The van der Waals surface area contributed by atoms with Crippen molar-refractivity contribution < 1.29 is 4.42 Å². The minimum atomic E-state index is -0.174. The van der Waals surface area contributed by atoms with E-state index in [1.165, 1.54) is 0 Å². The summed E-state index contributed by atoms with van der Waals surface area (Å²) in [6.07, 6.45) is 5.26. The maximum atomic E-state index is 8.74. The molecule has 2 nitrogen and oxygen atoms in total. The van der Waals surface area contributed by atoms with Gasteiger partial charge in [0.15, 0.2) is 0 Å². The van der Waals surface area contributed by atoms with Crippen LogP contribution in [0.4, 0.5) is 0 Å². The van der Waals surface area contributed by atoms with Gasteiger partial charge in [-0.1, -0.05) is 0 Å². The molecule has 2 rings (SSSR count). The van der Waals surface area contributed by atoms with Crippen LogP contribution < -0.4 is 0 Å². The molecule has 1 fully saturated rings. The lowest BCUT2D eigenvalue weighted by Crippen LogP contribution is -1.98. The Bertz CT molecular complexity index is 264. The average Bonchev–Trinajstić information content (AvgIpc) is 2.58. The first kappa shape index (κ1) is 5.55. The lowest BCUT2D eigenvalue weighted by Gasteiger charge is -1.96. The zero-order chi connectivity index (χ0) is 7.03. The van der Waals surface area contributed by atoms with Crippen LogP contribution in [-0.4, -0.2) is 0 Å². The summed E-state index contributed by atoms with van der Waals surface area (Å²) in [5, 5.41) is 8.74. The van der Waals surface area contributed by atoms with Crippen LogP contribution >= 0.6 is 0 Å². The quantitative estimate of drug-likeness (QED) is 0.586. The Morgan fingerprint density at radius 3 is 2.80 bits per heavy atom. The van der Waals surface area contributed by atoms with Crippen molar-refractivity contribution in [2.24, 2.45) is 0 Å². The van der Waals surface area contributed by atoms with E-state index in [1.54, 1.807) is 12.5 Å². The van der Waals surface area contributed by atoms with Crippen LogP contribution in [0.25, 0.3) is 0 Å². The van der Waals surface area contributed by atoms with Gasteiger partial charge in [0.1, 0.15) is 0 Å². The van der Waals surface area contributed by atoms with Gasteiger partial charge in [0.25, 0.3) is 0 Å². The molecule has 0 saturated heterocycles. The van der Waals surface area contributed by atoms with Gasteiger partial charge >= 0.3 is 0 Å².